The van der Waals surface area contributed by atoms with Gasteiger partial charge in [0.05, 0.1) is 5.92 Å². The minimum absolute atomic E-state index is 0. The Balaban J connectivity index is 0.00000841. The molecule has 0 aliphatic heterocycles. The number of allylic oxidation sites excluding steroid dienone is 2. The van der Waals surface area contributed by atoms with Crippen LogP contribution < -0.4 is 0 Å². The number of carbonyl (C=O) groups excluding carboxylic acids is 1. The van der Waals surface area contributed by atoms with Crippen LogP contribution in [0.25, 0.3) is 0 Å². The van der Waals surface area contributed by atoms with Gasteiger partial charge in [-0.1, -0.05) is 102 Å². The van der Waals surface area contributed by atoms with Crippen LogP contribution in [-0.2, 0) is 16.1 Å². The van der Waals surface area contributed by atoms with E-state index in [-0.39, 0.29) is 35.5 Å². The van der Waals surface area contributed by atoms with Gasteiger partial charge in [-0.2, -0.15) is 5.26 Å². The van der Waals surface area contributed by atoms with Crippen molar-refractivity contribution >= 4 is 35.5 Å². The van der Waals surface area contributed by atoms with E-state index >= 15 is 0 Å². The van der Waals surface area contributed by atoms with Crippen molar-refractivity contribution in [3.8, 4) is 0 Å². The van der Waals surface area contributed by atoms with E-state index in [9.17, 15) is 4.79 Å². The molecule has 30 heavy (non-hydrogen) atoms. The Morgan fingerprint density at radius 2 is 1.47 bits per heavy atom. The second kappa shape index (κ2) is 20.3. The van der Waals surface area contributed by atoms with Crippen LogP contribution in [0.15, 0.2) is 36.4 Å². The van der Waals surface area contributed by atoms with Gasteiger partial charge >= 0.3 is 35.5 Å². The second-order valence-electron chi connectivity index (χ2n) is 8.03. The number of aryl methyl sites for hydroxylation is 1. The molecule has 0 saturated heterocycles. The first-order chi connectivity index (χ1) is 14.2. The van der Waals surface area contributed by atoms with E-state index in [1.165, 1.54) is 57.8 Å². The van der Waals surface area contributed by atoms with Crippen molar-refractivity contribution < 1.29 is 14.9 Å². The number of carbonyl (C=O) groups is 1. The number of unbranched alkanes of at least 4 members (excludes halogenated alkanes) is 10. The average molecular weight is 427 g/mol. The summed E-state index contributed by atoms with van der Waals surface area (Å²) >= 11 is 0. The van der Waals surface area contributed by atoms with E-state index in [0.717, 1.165) is 43.2 Å². The summed E-state index contributed by atoms with van der Waals surface area (Å²) in [6.07, 6.45) is 21.2. The predicted molar refractivity (Wildman–Crippen MR) is 129 cm³/mol. The fourth-order valence-corrected chi connectivity index (χ4v) is 3.90. The third-order valence-corrected chi connectivity index (χ3v) is 5.69. The molecule has 0 radical (unpaired) electrons. The van der Waals surface area contributed by atoms with Crippen LogP contribution >= 0.6 is 0 Å². The zero-order valence-corrected chi connectivity index (χ0v) is 18.7. The minimum atomic E-state index is -0.538. The molecule has 1 rings (SSSR count). The number of hydrogen-bond acceptors (Lipinski definition) is 3. The summed E-state index contributed by atoms with van der Waals surface area (Å²) in [6.45, 7) is 4.34. The van der Waals surface area contributed by atoms with Gasteiger partial charge in [0.1, 0.15) is 0 Å². The average Bonchev–Trinajstić information content (AvgIpc) is 2.76. The summed E-state index contributed by atoms with van der Waals surface area (Å²) in [5.41, 5.74) is 2.14. The Bertz CT molecular complexity index is 571. The van der Waals surface area contributed by atoms with E-state index in [0.29, 0.717) is 0 Å². The van der Waals surface area contributed by atoms with Crippen molar-refractivity contribution in [3.05, 3.63) is 47.5 Å². The molecule has 166 valence electrons. The van der Waals surface area contributed by atoms with Crippen molar-refractivity contribution in [2.24, 2.45) is 0 Å². The normalized spacial score (nSPS) is 12.0. The van der Waals surface area contributed by atoms with Gasteiger partial charge in [-0.3, -0.25) is 0 Å². The van der Waals surface area contributed by atoms with E-state index in [1.54, 1.807) is 0 Å². The molecule has 1 aromatic rings. The molecule has 0 aliphatic carbocycles. The molecular formula is C26H43NaO3. The molecule has 0 saturated carbocycles. The van der Waals surface area contributed by atoms with Crippen LogP contribution in [0.2, 0.25) is 0 Å². The van der Waals surface area contributed by atoms with Crippen molar-refractivity contribution in [3.63, 3.8) is 0 Å². The van der Waals surface area contributed by atoms with Crippen LogP contribution in [0.5, 0.6) is 0 Å². The van der Waals surface area contributed by atoms with Crippen LogP contribution in [0, 0.1) is 0 Å². The quantitative estimate of drug-likeness (QED) is 0.0931. The van der Waals surface area contributed by atoms with Gasteiger partial charge in [0, 0.05) is 0 Å². The molecular weight excluding hydrogens is 383 g/mol. The summed E-state index contributed by atoms with van der Waals surface area (Å²) in [5, 5.41) is 8.89. The Labute approximate surface area is 206 Å². The predicted octanol–water partition coefficient (Wildman–Crippen LogP) is 7.35. The fraction of sp³-hybridized carbons (Fsp3) is 0.654. The molecule has 1 aromatic carbocycles. The molecule has 1 atom stereocenters. The summed E-state index contributed by atoms with van der Waals surface area (Å²) in [6, 6.07) is 7.97. The topological polar surface area (TPSA) is 46.5 Å². The Kier molecular flexibility index (Phi) is 19.9. The number of benzene rings is 1. The maximum absolute atomic E-state index is 12.1. The van der Waals surface area contributed by atoms with Gasteiger partial charge < -0.3 is 4.89 Å². The Hall–Kier alpha value is -0.610. The molecule has 0 aliphatic rings. The fourth-order valence-electron chi connectivity index (χ4n) is 3.90. The van der Waals surface area contributed by atoms with Crippen LogP contribution in [0.4, 0.5) is 0 Å². The molecule has 0 fully saturated rings. The van der Waals surface area contributed by atoms with Crippen LogP contribution in [0.3, 0.4) is 0 Å². The van der Waals surface area contributed by atoms with Crippen molar-refractivity contribution in [1.82, 2.24) is 0 Å². The third-order valence-electron chi connectivity index (χ3n) is 5.69. The van der Waals surface area contributed by atoms with Gasteiger partial charge in [0.15, 0.2) is 0 Å². The van der Waals surface area contributed by atoms with E-state index < -0.39 is 5.97 Å². The van der Waals surface area contributed by atoms with Crippen molar-refractivity contribution in [2.75, 3.05) is 0 Å². The molecule has 0 aromatic heterocycles. The maximum atomic E-state index is 12.1. The van der Waals surface area contributed by atoms with Crippen LogP contribution in [-0.4, -0.2) is 40.8 Å². The van der Waals surface area contributed by atoms with Gasteiger partial charge in [-0.05, 0) is 49.7 Å². The molecule has 1 unspecified atom stereocenters. The summed E-state index contributed by atoms with van der Waals surface area (Å²) in [5.74, 6) is -0.906. The molecule has 1 N–H and O–H groups in total. The van der Waals surface area contributed by atoms with Crippen LogP contribution in [0.1, 0.15) is 114 Å². The van der Waals surface area contributed by atoms with Gasteiger partial charge in [-0.25, -0.2) is 4.79 Å². The number of rotatable bonds is 17. The summed E-state index contributed by atoms with van der Waals surface area (Å²) < 4.78 is 0. The molecule has 0 bridgehead atoms. The standard InChI is InChI=1S/C26H42O3.Na.H/c1-3-5-6-7-8-9-10-11-12-13-14-15-16-17-22-25(26(27)29-28)24-21-19-18-20-23(24)4-2;;/h11-12,18-21,25,28H,3-10,13-17,22H2,1-2H3;;/b12-11-;;. The first-order valence-corrected chi connectivity index (χ1v) is 11.8. The Morgan fingerprint density at radius 3 is 2.07 bits per heavy atom. The monoisotopic (exact) mass is 426 g/mol. The third kappa shape index (κ3) is 12.9. The SMILES string of the molecule is CCCCCCCC/C=C\CCCCCCC(C(=O)OO)c1ccccc1CC.[NaH]. The van der Waals surface area contributed by atoms with E-state index in [4.69, 9.17) is 5.26 Å². The first-order valence-electron chi connectivity index (χ1n) is 11.8. The van der Waals surface area contributed by atoms with Crippen molar-refractivity contribution in [1.29, 1.82) is 0 Å². The summed E-state index contributed by atoms with van der Waals surface area (Å²) in [4.78, 5) is 16.2. The number of hydrogen-bond donors (Lipinski definition) is 1. The van der Waals surface area contributed by atoms with Gasteiger partial charge in [0.2, 0.25) is 0 Å². The molecule has 0 spiro atoms. The molecule has 4 heteroatoms. The zero-order chi connectivity index (χ0) is 21.2. The van der Waals surface area contributed by atoms with E-state index in [1.807, 2.05) is 24.3 Å². The molecule has 0 amide bonds. The Morgan fingerprint density at radius 1 is 0.900 bits per heavy atom. The molecule has 3 nitrogen and oxygen atoms in total. The van der Waals surface area contributed by atoms with Gasteiger partial charge in [-0.15, -0.1) is 0 Å². The van der Waals surface area contributed by atoms with E-state index in [2.05, 4.69) is 30.9 Å². The van der Waals surface area contributed by atoms with Crippen molar-refractivity contribution in [2.45, 2.75) is 110 Å². The molecule has 0 heterocycles. The zero-order valence-electron chi connectivity index (χ0n) is 18.7. The second-order valence-corrected chi connectivity index (χ2v) is 8.03. The van der Waals surface area contributed by atoms with Gasteiger partial charge in [0.25, 0.3) is 0 Å². The first kappa shape index (κ1) is 29.4. The summed E-state index contributed by atoms with van der Waals surface area (Å²) in [7, 11) is 0.